The summed E-state index contributed by atoms with van der Waals surface area (Å²) in [7, 11) is 0. The van der Waals surface area contributed by atoms with E-state index >= 15 is 0 Å². The zero-order chi connectivity index (χ0) is 14.2. The number of carbonyl (C=O) groups excluding carboxylic acids is 2. The Balaban J connectivity index is 2.32. The van der Waals surface area contributed by atoms with Crippen LogP contribution >= 0.6 is 0 Å². The van der Waals surface area contributed by atoms with Crippen molar-refractivity contribution in [3.05, 3.63) is 42.0 Å². The molecule has 19 heavy (non-hydrogen) atoms. The van der Waals surface area contributed by atoms with Crippen LogP contribution in [0.3, 0.4) is 0 Å². The van der Waals surface area contributed by atoms with Gasteiger partial charge >= 0.3 is 5.97 Å². The lowest BCUT2D eigenvalue weighted by molar-refractivity contribution is -0.142. The summed E-state index contributed by atoms with van der Waals surface area (Å²) < 4.78 is 0. The number of nitrogens with zero attached hydrogens (tertiary/aromatic N) is 1. The lowest BCUT2D eigenvalue weighted by Crippen LogP contribution is -2.30. The number of carboxylic acid groups (broad SMARTS) is 1. The monoisotopic (exact) mass is 259 g/mol. The second-order valence-corrected chi connectivity index (χ2v) is 4.82. The number of imide groups is 1. The average Bonchev–Trinajstić information content (AvgIpc) is 2.69. The minimum atomic E-state index is -1.02. The van der Waals surface area contributed by atoms with Crippen LogP contribution in [0.15, 0.2) is 36.4 Å². The van der Waals surface area contributed by atoms with E-state index in [0.717, 1.165) is 4.90 Å². The largest absolute Gasteiger partial charge is 0.481 e. The van der Waals surface area contributed by atoms with Gasteiger partial charge in [0, 0.05) is 12.2 Å². The molecule has 2 amide bonds. The first-order valence-electron chi connectivity index (χ1n) is 5.74. The summed E-state index contributed by atoms with van der Waals surface area (Å²) in [5.41, 5.74) is 0.0243. The molecule has 1 aromatic rings. The van der Waals surface area contributed by atoms with Crippen molar-refractivity contribution in [3.63, 3.8) is 0 Å². The van der Waals surface area contributed by atoms with Gasteiger partial charge in [0.05, 0.1) is 11.1 Å². The van der Waals surface area contributed by atoms with E-state index < -0.39 is 23.2 Å². The van der Waals surface area contributed by atoms with Crippen LogP contribution in [0.4, 0.5) is 5.69 Å². The molecule has 0 atom stereocenters. The average molecular weight is 259 g/mol. The minimum Gasteiger partial charge on any atom is -0.481 e. The van der Waals surface area contributed by atoms with Gasteiger partial charge in [-0.15, -0.1) is 0 Å². The van der Waals surface area contributed by atoms with Crippen molar-refractivity contribution in [2.45, 2.75) is 19.3 Å². The highest BCUT2D eigenvalue weighted by Gasteiger charge is 2.30. The molecule has 1 aromatic carbocycles. The number of carboxylic acids is 1. The Labute approximate surface area is 110 Å². The Bertz CT molecular complexity index is 566. The van der Waals surface area contributed by atoms with Gasteiger partial charge in [-0.05, 0) is 31.5 Å². The number of amides is 2. The summed E-state index contributed by atoms with van der Waals surface area (Å²) in [6, 6.07) is 6.37. The Morgan fingerprint density at radius 2 is 1.53 bits per heavy atom. The van der Waals surface area contributed by atoms with Crippen LogP contribution in [0.2, 0.25) is 0 Å². The van der Waals surface area contributed by atoms with Crippen molar-refractivity contribution in [2.75, 3.05) is 4.90 Å². The second-order valence-electron chi connectivity index (χ2n) is 4.82. The molecule has 5 nitrogen and oxygen atoms in total. The molecule has 1 N–H and O–H groups in total. The molecule has 0 saturated carbocycles. The van der Waals surface area contributed by atoms with E-state index in [2.05, 4.69) is 0 Å². The quantitative estimate of drug-likeness (QED) is 0.834. The molecule has 0 bridgehead atoms. The smallest absolute Gasteiger partial charge is 0.313 e. The fourth-order valence-electron chi connectivity index (χ4n) is 1.81. The van der Waals surface area contributed by atoms with Crippen molar-refractivity contribution in [1.29, 1.82) is 0 Å². The van der Waals surface area contributed by atoms with Gasteiger partial charge in [0.1, 0.15) is 0 Å². The molecule has 1 aliphatic rings. The van der Waals surface area contributed by atoms with Crippen molar-refractivity contribution in [1.82, 2.24) is 0 Å². The third-order valence-electron chi connectivity index (χ3n) is 3.19. The maximum Gasteiger partial charge on any atom is 0.313 e. The maximum atomic E-state index is 11.5. The van der Waals surface area contributed by atoms with Crippen molar-refractivity contribution in [3.8, 4) is 0 Å². The molecule has 1 heterocycles. The first-order valence-corrected chi connectivity index (χ1v) is 5.74. The van der Waals surface area contributed by atoms with Gasteiger partial charge in [-0.25, -0.2) is 4.90 Å². The van der Waals surface area contributed by atoms with Gasteiger partial charge in [0.25, 0.3) is 11.8 Å². The molecular formula is C14H13NO4. The topological polar surface area (TPSA) is 74.7 Å². The summed E-state index contributed by atoms with van der Waals surface area (Å²) in [6.45, 7) is 3.19. The third-order valence-corrected chi connectivity index (χ3v) is 3.19. The van der Waals surface area contributed by atoms with Gasteiger partial charge in [-0.2, -0.15) is 0 Å². The summed E-state index contributed by atoms with van der Waals surface area (Å²) in [6.07, 6.45) is 2.41. The Morgan fingerprint density at radius 3 is 1.95 bits per heavy atom. The van der Waals surface area contributed by atoms with E-state index in [9.17, 15) is 14.4 Å². The molecule has 5 heteroatoms. The van der Waals surface area contributed by atoms with Crippen LogP contribution in [0.5, 0.6) is 0 Å². The predicted octanol–water partition coefficient (Wildman–Crippen LogP) is 1.48. The summed E-state index contributed by atoms with van der Waals surface area (Å²) in [5.74, 6) is -1.72. The third kappa shape index (κ3) is 2.14. The normalized spacial score (nSPS) is 15.2. The van der Waals surface area contributed by atoms with Crippen LogP contribution in [0.25, 0.3) is 0 Å². The van der Waals surface area contributed by atoms with Gasteiger partial charge in [0.2, 0.25) is 0 Å². The standard InChI is InChI=1S/C14H13NO4/c1-14(2,13(18)19)9-3-5-10(6-4-9)15-11(16)7-8-12(15)17/h3-8H,1-2H3,(H,18,19). The van der Waals surface area contributed by atoms with Crippen LogP contribution in [-0.4, -0.2) is 22.9 Å². The molecule has 2 rings (SSSR count). The first-order chi connectivity index (χ1) is 8.84. The molecular weight excluding hydrogens is 246 g/mol. The van der Waals surface area contributed by atoms with Crippen LogP contribution in [0.1, 0.15) is 19.4 Å². The molecule has 1 aliphatic heterocycles. The van der Waals surface area contributed by atoms with E-state index in [0.29, 0.717) is 11.3 Å². The van der Waals surface area contributed by atoms with Gasteiger partial charge in [-0.1, -0.05) is 12.1 Å². The van der Waals surface area contributed by atoms with Crippen LogP contribution in [0, 0.1) is 0 Å². The fourth-order valence-corrected chi connectivity index (χ4v) is 1.81. The van der Waals surface area contributed by atoms with E-state index in [1.165, 1.54) is 12.2 Å². The summed E-state index contributed by atoms with van der Waals surface area (Å²) in [5, 5.41) is 9.13. The highest BCUT2D eigenvalue weighted by atomic mass is 16.4. The lowest BCUT2D eigenvalue weighted by atomic mass is 9.85. The number of benzene rings is 1. The number of carbonyl (C=O) groups is 3. The Hall–Kier alpha value is -2.43. The first kappa shape index (κ1) is 13.0. The molecule has 98 valence electrons. The van der Waals surface area contributed by atoms with E-state index in [-0.39, 0.29) is 0 Å². The minimum absolute atomic E-state index is 0.393. The zero-order valence-electron chi connectivity index (χ0n) is 10.6. The number of rotatable bonds is 3. The second kappa shape index (κ2) is 4.35. The molecule has 0 spiro atoms. The van der Waals surface area contributed by atoms with Crippen LogP contribution < -0.4 is 4.90 Å². The SMILES string of the molecule is CC(C)(C(=O)O)c1ccc(N2C(=O)C=CC2=O)cc1. The summed E-state index contributed by atoms with van der Waals surface area (Å²) in [4.78, 5) is 35.2. The number of hydrogen-bond acceptors (Lipinski definition) is 3. The van der Waals surface area contributed by atoms with Crippen molar-refractivity contribution < 1.29 is 19.5 Å². The molecule has 0 radical (unpaired) electrons. The van der Waals surface area contributed by atoms with E-state index in [1.54, 1.807) is 38.1 Å². The van der Waals surface area contributed by atoms with Crippen molar-refractivity contribution >= 4 is 23.5 Å². The number of anilines is 1. The predicted molar refractivity (Wildman–Crippen MR) is 68.7 cm³/mol. The Morgan fingerprint density at radius 1 is 1.05 bits per heavy atom. The lowest BCUT2D eigenvalue weighted by Gasteiger charge is -2.21. The maximum absolute atomic E-state index is 11.5. The highest BCUT2D eigenvalue weighted by molar-refractivity contribution is 6.28. The molecule has 0 fully saturated rings. The molecule has 0 aromatic heterocycles. The zero-order valence-corrected chi connectivity index (χ0v) is 10.6. The van der Waals surface area contributed by atoms with E-state index in [4.69, 9.17) is 5.11 Å². The van der Waals surface area contributed by atoms with Gasteiger partial charge in [0.15, 0.2) is 0 Å². The molecule has 0 unspecified atom stereocenters. The Kier molecular flexibility index (Phi) is 2.98. The molecule has 0 saturated heterocycles. The fraction of sp³-hybridized carbons (Fsp3) is 0.214. The molecule has 0 aliphatic carbocycles. The van der Waals surface area contributed by atoms with Crippen LogP contribution in [-0.2, 0) is 19.8 Å². The van der Waals surface area contributed by atoms with Crippen molar-refractivity contribution in [2.24, 2.45) is 0 Å². The van der Waals surface area contributed by atoms with Gasteiger partial charge < -0.3 is 5.11 Å². The summed E-state index contributed by atoms with van der Waals surface area (Å²) >= 11 is 0. The number of aliphatic carboxylic acids is 1. The van der Waals surface area contributed by atoms with E-state index in [1.807, 2.05) is 0 Å². The number of hydrogen-bond donors (Lipinski definition) is 1. The van der Waals surface area contributed by atoms with Gasteiger partial charge in [-0.3, -0.25) is 14.4 Å². The highest BCUT2D eigenvalue weighted by Crippen LogP contribution is 2.27.